The first-order valence-electron chi connectivity index (χ1n) is 6.72. The number of hydrogen-bond donors (Lipinski definition) is 2. The zero-order valence-electron chi connectivity index (χ0n) is 11.8. The monoisotopic (exact) mass is 289 g/mol. The van der Waals surface area contributed by atoms with E-state index in [1.807, 2.05) is 12.1 Å². The van der Waals surface area contributed by atoms with Crippen molar-refractivity contribution in [2.24, 2.45) is 0 Å². The highest BCUT2D eigenvalue weighted by Gasteiger charge is 2.39. The van der Waals surface area contributed by atoms with Crippen LogP contribution in [0.4, 0.5) is 5.13 Å². The van der Waals surface area contributed by atoms with Crippen molar-refractivity contribution >= 4 is 16.5 Å². The Morgan fingerprint density at radius 3 is 2.90 bits per heavy atom. The van der Waals surface area contributed by atoms with Crippen LogP contribution in [0, 0.1) is 0 Å². The summed E-state index contributed by atoms with van der Waals surface area (Å²) in [5.41, 5.74) is 8.04. The molecule has 1 heterocycles. The molecule has 1 aliphatic carbocycles. The number of likely N-dealkylation sites (N-methyl/N-ethyl adjacent to an activating group) is 1. The first-order valence-corrected chi connectivity index (χ1v) is 7.54. The second kappa shape index (κ2) is 4.75. The zero-order valence-corrected chi connectivity index (χ0v) is 12.6. The summed E-state index contributed by atoms with van der Waals surface area (Å²) in [6.45, 7) is 0. The Hall–Kier alpha value is -1.59. The number of aryl methyl sites for hydroxylation is 1. The lowest BCUT2D eigenvalue weighted by atomic mass is 9.77. The molecule has 1 aliphatic rings. The normalized spacial score (nSPS) is 21.9. The lowest BCUT2D eigenvalue weighted by Gasteiger charge is -2.43. The molecule has 0 radical (unpaired) electrons. The van der Waals surface area contributed by atoms with Gasteiger partial charge in [0.1, 0.15) is 5.75 Å². The van der Waals surface area contributed by atoms with E-state index in [1.165, 1.54) is 4.88 Å². The Morgan fingerprint density at radius 2 is 2.20 bits per heavy atom. The number of aromatic hydroxyl groups is 1. The van der Waals surface area contributed by atoms with Gasteiger partial charge < -0.3 is 10.8 Å². The lowest BCUT2D eigenvalue weighted by Crippen LogP contribution is -2.45. The number of fused-ring (bicyclic) bond motifs is 1. The van der Waals surface area contributed by atoms with Crippen LogP contribution in [-0.2, 0) is 18.4 Å². The quantitative estimate of drug-likeness (QED) is 0.891. The summed E-state index contributed by atoms with van der Waals surface area (Å²) in [6.07, 6.45) is 2.81. The third-order valence-corrected chi connectivity index (χ3v) is 5.19. The third-order valence-electron chi connectivity index (χ3n) is 4.26. The molecule has 1 aromatic heterocycles. The molecule has 4 nitrogen and oxygen atoms in total. The highest BCUT2D eigenvalue weighted by atomic mass is 32.1. The number of rotatable bonds is 2. The first-order chi connectivity index (χ1) is 9.51. The van der Waals surface area contributed by atoms with Gasteiger partial charge >= 0.3 is 0 Å². The van der Waals surface area contributed by atoms with Crippen LogP contribution in [0.1, 0.15) is 22.6 Å². The average molecular weight is 289 g/mol. The molecule has 20 heavy (non-hydrogen) atoms. The van der Waals surface area contributed by atoms with Gasteiger partial charge in [-0.25, -0.2) is 4.98 Å². The van der Waals surface area contributed by atoms with Crippen molar-refractivity contribution in [1.82, 2.24) is 9.88 Å². The predicted octanol–water partition coefficient (Wildman–Crippen LogP) is 2.38. The summed E-state index contributed by atoms with van der Waals surface area (Å²) in [4.78, 5) is 7.94. The molecule has 0 aliphatic heterocycles. The third kappa shape index (κ3) is 2.07. The second-order valence-electron chi connectivity index (χ2n) is 5.58. The number of anilines is 1. The molecule has 106 valence electrons. The van der Waals surface area contributed by atoms with Gasteiger partial charge in [-0.1, -0.05) is 12.1 Å². The number of phenols is 1. The summed E-state index contributed by atoms with van der Waals surface area (Å²) >= 11 is 1.59. The summed E-state index contributed by atoms with van der Waals surface area (Å²) in [6, 6.07) is 7.59. The topological polar surface area (TPSA) is 62.4 Å². The number of nitrogen functional groups attached to an aromatic ring is 1. The van der Waals surface area contributed by atoms with Crippen molar-refractivity contribution in [2.45, 2.75) is 24.8 Å². The maximum Gasteiger partial charge on any atom is 0.180 e. The van der Waals surface area contributed by atoms with E-state index in [4.69, 9.17) is 5.73 Å². The second-order valence-corrected chi connectivity index (χ2v) is 6.69. The van der Waals surface area contributed by atoms with Crippen LogP contribution in [0.25, 0.3) is 0 Å². The maximum absolute atomic E-state index is 9.79. The van der Waals surface area contributed by atoms with Crippen molar-refractivity contribution in [3.63, 3.8) is 0 Å². The summed E-state index contributed by atoms with van der Waals surface area (Å²) < 4.78 is 0. The summed E-state index contributed by atoms with van der Waals surface area (Å²) in [7, 11) is 4.19. The minimum absolute atomic E-state index is 0.0925. The highest BCUT2D eigenvalue weighted by Crippen LogP contribution is 2.42. The van der Waals surface area contributed by atoms with Gasteiger partial charge in [0.25, 0.3) is 0 Å². The summed E-state index contributed by atoms with van der Waals surface area (Å²) in [5, 5.41) is 10.4. The maximum atomic E-state index is 9.79. The van der Waals surface area contributed by atoms with Gasteiger partial charge in [0.05, 0.1) is 11.2 Å². The Labute approximate surface area is 122 Å². The zero-order chi connectivity index (χ0) is 14.3. The smallest absolute Gasteiger partial charge is 0.180 e. The Balaban J connectivity index is 2.07. The SMILES string of the molecule is CN(C)[C@@]1(c2cccc(O)c2)CCc2nc(N)sc2C1. The van der Waals surface area contributed by atoms with E-state index in [1.54, 1.807) is 17.4 Å². The Morgan fingerprint density at radius 1 is 1.40 bits per heavy atom. The number of phenolic OH excluding ortho intramolecular Hbond substituents is 1. The number of nitrogens with two attached hydrogens (primary N) is 1. The molecule has 0 bridgehead atoms. The van der Waals surface area contributed by atoms with Crippen LogP contribution in [0.15, 0.2) is 24.3 Å². The number of aromatic nitrogens is 1. The predicted molar refractivity (Wildman–Crippen MR) is 82.0 cm³/mol. The van der Waals surface area contributed by atoms with Crippen LogP contribution in [-0.4, -0.2) is 29.1 Å². The van der Waals surface area contributed by atoms with Gasteiger partial charge in [0, 0.05) is 11.3 Å². The van der Waals surface area contributed by atoms with E-state index in [9.17, 15) is 5.11 Å². The largest absolute Gasteiger partial charge is 0.508 e. The van der Waals surface area contributed by atoms with Crippen molar-refractivity contribution in [3.05, 3.63) is 40.4 Å². The Bertz CT molecular complexity index is 638. The molecule has 0 saturated carbocycles. The van der Waals surface area contributed by atoms with Crippen LogP contribution in [0.5, 0.6) is 5.75 Å². The molecule has 2 aromatic rings. The highest BCUT2D eigenvalue weighted by molar-refractivity contribution is 7.15. The molecule has 0 spiro atoms. The first kappa shape index (κ1) is 13.4. The lowest BCUT2D eigenvalue weighted by molar-refractivity contribution is 0.130. The van der Waals surface area contributed by atoms with Gasteiger partial charge in [0.2, 0.25) is 0 Å². The molecule has 1 atom stereocenters. The van der Waals surface area contributed by atoms with Gasteiger partial charge in [-0.05, 0) is 44.6 Å². The van der Waals surface area contributed by atoms with Gasteiger partial charge in [-0.15, -0.1) is 11.3 Å². The number of nitrogens with zero attached hydrogens (tertiary/aromatic N) is 2. The molecule has 0 amide bonds. The molecule has 0 fully saturated rings. The van der Waals surface area contributed by atoms with E-state index >= 15 is 0 Å². The number of hydrogen-bond acceptors (Lipinski definition) is 5. The fourth-order valence-corrected chi connectivity index (χ4v) is 4.08. The van der Waals surface area contributed by atoms with Gasteiger partial charge in [-0.2, -0.15) is 0 Å². The fraction of sp³-hybridized carbons (Fsp3) is 0.400. The molecule has 1 aromatic carbocycles. The van der Waals surface area contributed by atoms with Crippen LogP contribution in [0.3, 0.4) is 0 Å². The molecule has 0 unspecified atom stereocenters. The number of thiazole rings is 1. The van der Waals surface area contributed by atoms with Crippen molar-refractivity contribution in [2.75, 3.05) is 19.8 Å². The van der Waals surface area contributed by atoms with E-state index in [2.05, 4.69) is 30.0 Å². The van der Waals surface area contributed by atoms with Crippen LogP contribution >= 0.6 is 11.3 Å². The van der Waals surface area contributed by atoms with Gasteiger partial charge in [-0.3, -0.25) is 4.90 Å². The van der Waals surface area contributed by atoms with Crippen molar-refractivity contribution in [1.29, 1.82) is 0 Å². The number of benzene rings is 1. The van der Waals surface area contributed by atoms with E-state index in [0.29, 0.717) is 10.9 Å². The van der Waals surface area contributed by atoms with Crippen molar-refractivity contribution < 1.29 is 5.11 Å². The molecular weight excluding hydrogens is 270 g/mol. The molecule has 5 heteroatoms. The molecule has 3 N–H and O–H groups in total. The molecular formula is C15H19N3OS. The summed E-state index contributed by atoms with van der Waals surface area (Å²) in [5.74, 6) is 0.318. The van der Waals surface area contributed by atoms with Crippen LogP contribution in [0.2, 0.25) is 0 Å². The van der Waals surface area contributed by atoms with E-state index in [0.717, 1.165) is 30.5 Å². The fourth-order valence-electron chi connectivity index (χ4n) is 3.10. The van der Waals surface area contributed by atoms with Gasteiger partial charge in [0.15, 0.2) is 5.13 Å². The molecule has 0 saturated heterocycles. The minimum Gasteiger partial charge on any atom is -0.508 e. The van der Waals surface area contributed by atoms with Crippen LogP contribution < -0.4 is 5.73 Å². The van der Waals surface area contributed by atoms with E-state index in [-0.39, 0.29) is 5.54 Å². The minimum atomic E-state index is -0.0925. The molecule has 3 rings (SSSR count). The average Bonchev–Trinajstić information content (AvgIpc) is 2.77. The standard InChI is InChI=1S/C15H19N3OS/c1-18(2)15(10-4-3-5-11(19)8-10)7-6-12-13(9-15)20-14(16)17-12/h3-5,8,19H,6-7,9H2,1-2H3,(H2,16,17)/t15-/m0/s1. The van der Waals surface area contributed by atoms with E-state index < -0.39 is 0 Å². The Kier molecular flexibility index (Phi) is 3.18. The van der Waals surface area contributed by atoms with Crippen molar-refractivity contribution in [3.8, 4) is 5.75 Å².